The van der Waals surface area contributed by atoms with Crippen molar-refractivity contribution in [2.24, 2.45) is 5.92 Å². The van der Waals surface area contributed by atoms with E-state index >= 15 is 0 Å². The summed E-state index contributed by atoms with van der Waals surface area (Å²) in [5.41, 5.74) is 0.618. The fourth-order valence-electron chi connectivity index (χ4n) is 4.77. The molecule has 0 unspecified atom stereocenters. The molecule has 33 heavy (non-hydrogen) atoms. The Morgan fingerprint density at radius 3 is 2.55 bits per heavy atom. The molecule has 7 nitrogen and oxygen atoms in total. The number of halogens is 1. The summed E-state index contributed by atoms with van der Waals surface area (Å²) in [6.45, 7) is 0.805. The van der Waals surface area contributed by atoms with Crippen molar-refractivity contribution in [1.29, 1.82) is 10.5 Å². The van der Waals surface area contributed by atoms with Crippen LogP contribution in [-0.4, -0.2) is 38.7 Å². The number of amides is 1. The van der Waals surface area contributed by atoms with Gasteiger partial charge in [-0.15, -0.1) is 0 Å². The lowest BCUT2D eigenvalue weighted by Gasteiger charge is -2.27. The summed E-state index contributed by atoms with van der Waals surface area (Å²) in [7, 11) is -3.56. The predicted octanol–water partition coefficient (Wildman–Crippen LogP) is 2.46. The van der Waals surface area contributed by atoms with Crippen LogP contribution in [-0.2, 0) is 21.1 Å². The van der Waals surface area contributed by atoms with Gasteiger partial charge >= 0.3 is 0 Å². The zero-order valence-electron chi connectivity index (χ0n) is 18.1. The van der Waals surface area contributed by atoms with Gasteiger partial charge in [0, 0.05) is 12.7 Å². The van der Waals surface area contributed by atoms with E-state index in [2.05, 4.69) is 10.6 Å². The molecular weight excluding hydrogens is 443 g/mol. The number of carbonyl (C=O) groups excluding carboxylic acids is 1. The second-order valence-electron chi connectivity index (χ2n) is 8.83. The average Bonchev–Trinajstić information content (AvgIpc) is 3.41. The third-order valence-corrected chi connectivity index (χ3v) is 7.71. The molecule has 2 fully saturated rings. The van der Waals surface area contributed by atoms with Gasteiger partial charge in [-0.2, -0.15) is 10.5 Å². The highest BCUT2D eigenvalue weighted by molar-refractivity contribution is 7.90. The van der Waals surface area contributed by atoms with Gasteiger partial charge in [0.1, 0.15) is 17.9 Å². The molecule has 2 N–H and O–H groups in total. The largest absolute Gasteiger partial charge is 0.338 e. The monoisotopic (exact) mass is 466 g/mol. The second-order valence-corrected chi connectivity index (χ2v) is 10.8. The minimum atomic E-state index is -3.56. The number of nitriles is 2. The van der Waals surface area contributed by atoms with Gasteiger partial charge < -0.3 is 10.6 Å². The first kappa shape index (κ1) is 22.9. The Bertz CT molecular complexity index is 1300. The van der Waals surface area contributed by atoms with E-state index in [9.17, 15) is 28.1 Å². The third kappa shape index (κ3) is 4.47. The molecule has 170 valence electrons. The zero-order valence-corrected chi connectivity index (χ0v) is 18.9. The Kier molecular flexibility index (Phi) is 5.96. The van der Waals surface area contributed by atoms with Crippen LogP contribution in [0.15, 0.2) is 41.3 Å². The summed E-state index contributed by atoms with van der Waals surface area (Å²) < 4.78 is 38.5. The molecule has 0 radical (unpaired) electrons. The fraction of sp³-hybridized carbons (Fsp3) is 0.375. The molecule has 9 heteroatoms. The van der Waals surface area contributed by atoms with E-state index < -0.39 is 27.2 Å². The number of hydrogen-bond acceptors (Lipinski definition) is 6. The van der Waals surface area contributed by atoms with E-state index in [0.717, 1.165) is 32.1 Å². The van der Waals surface area contributed by atoms with Crippen LogP contribution in [0.1, 0.15) is 30.4 Å². The number of sulfone groups is 1. The SMILES string of the molecule is CS(=O)(=O)c1ccc(-c2ccc(C[C@@H](C#N)NC(=O)[C@@]34CC[C@H](CN3)C4)c(F)c2)cc1C#N. The molecule has 3 atom stereocenters. The molecule has 1 heterocycles. The molecule has 2 aromatic carbocycles. The second kappa shape index (κ2) is 8.58. The number of hydrogen-bond donors (Lipinski definition) is 2. The lowest BCUT2D eigenvalue weighted by atomic mass is 9.96. The summed E-state index contributed by atoms with van der Waals surface area (Å²) in [4.78, 5) is 12.7. The summed E-state index contributed by atoms with van der Waals surface area (Å²) >= 11 is 0. The molecule has 1 saturated carbocycles. The first-order chi connectivity index (χ1) is 15.6. The van der Waals surface area contributed by atoms with Crippen LogP contribution in [0, 0.1) is 34.4 Å². The Morgan fingerprint density at radius 2 is 2.00 bits per heavy atom. The molecule has 4 rings (SSSR count). The van der Waals surface area contributed by atoms with Crippen molar-refractivity contribution in [3.8, 4) is 23.3 Å². The number of nitrogens with zero attached hydrogens (tertiary/aromatic N) is 2. The van der Waals surface area contributed by atoms with E-state index in [0.29, 0.717) is 17.0 Å². The van der Waals surface area contributed by atoms with Gasteiger partial charge in [-0.05, 0) is 66.6 Å². The molecule has 1 aliphatic heterocycles. The summed E-state index contributed by atoms with van der Waals surface area (Å²) in [6, 6.07) is 11.8. The molecule has 2 aromatic rings. The minimum Gasteiger partial charge on any atom is -0.338 e. The van der Waals surface area contributed by atoms with Gasteiger partial charge in [0.05, 0.1) is 22.1 Å². The molecule has 2 aliphatic rings. The van der Waals surface area contributed by atoms with E-state index in [-0.39, 0.29) is 28.4 Å². The fourth-order valence-corrected chi connectivity index (χ4v) is 5.59. The van der Waals surface area contributed by atoms with Crippen molar-refractivity contribution in [3.63, 3.8) is 0 Å². The molecule has 1 amide bonds. The van der Waals surface area contributed by atoms with Crippen molar-refractivity contribution >= 4 is 15.7 Å². The molecule has 1 aliphatic carbocycles. The minimum absolute atomic E-state index is 0.0132. The van der Waals surface area contributed by atoms with Crippen LogP contribution in [0.3, 0.4) is 0 Å². The third-order valence-electron chi connectivity index (χ3n) is 6.55. The van der Waals surface area contributed by atoms with Crippen LogP contribution < -0.4 is 10.6 Å². The Labute approximate surface area is 192 Å². The molecule has 2 bridgehead atoms. The number of piperidine rings is 1. The summed E-state index contributed by atoms with van der Waals surface area (Å²) in [6.07, 6.45) is 3.54. The lowest BCUT2D eigenvalue weighted by Crippen LogP contribution is -2.55. The van der Waals surface area contributed by atoms with Gasteiger partial charge in [0.25, 0.3) is 0 Å². The van der Waals surface area contributed by atoms with Crippen molar-refractivity contribution in [1.82, 2.24) is 10.6 Å². The van der Waals surface area contributed by atoms with Gasteiger partial charge in [-0.25, -0.2) is 12.8 Å². The van der Waals surface area contributed by atoms with Crippen molar-refractivity contribution in [2.45, 2.75) is 42.2 Å². The number of fused-ring (bicyclic) bond motifs is 2. The van der Waals surface area contributed by atoms with E-state index in [1.54, 1.807) is 6.07 Å². The van der Waals surface area contributed by atoms with Crippen molar-refractivity contribution in [2.75, 3.05) is 12.8 Å². The molecular formula is C24H23FN4O3S. The number of carbonyl (C=O) groups is 1. The summed E-state index contributed by atoms with van der Waals surface area (Å²) in [5, 5.41) is 24.9. The Hall–Kier alpha value is -3.27. The van der Waals surface area contributed by atoms with E-state index in [1.807, 2.05) is 12.1 Å². The maximum atomic E-state index is 14.9. The lowest BCUT2D eigenvalue weighted by molar-refractivity contribution is -0.127. The van der Waals surface area contributed by atoms with Gasteiger partial charge in [0.15, 0.2) is 9.84 Å². The highest BCUT2D eigenvalue weighted by atomic mass is 32.2. The van der Waals surface area contributed by atoms with Crippen LogP contribution in [0.2, 0.25) is 0 Å². The first-order valence-corrected chi connectivity index (χ1v) is 12.5. The van der Waals surface area contributed by atoms with Crippen LogP contribution in [0.4, 0.5) is 4.39 Å². The maximum Gasteiger partial charge on any atom is 0.241 e. The van der Waals surface area contributed by atoms with Crippen molar-refractivity contribution < 1.29 is 17.6 Å². The standard InChI is InChI=1S/C24H23FN4O3S/c1-33(31,32)22-5-4-16(8-19(22)12-26)17-2-3-18(21(25)10-17)9-20(13-27)29-23(30)24-7-6-15(11-24)14-28-24/h2-5,8,10,15,20,28H,6-7,9,11,14H2,1H3,(H,29,30)/t15-,20-,24-/m0/s1. The molecule has 0 aromatic heterocycles. The predicted molar refractivity (Wildman–Crippen MR) is 119 cm³/mol. The maximum absolute atomic E-state index is 14.9. The average molecular weight is 467 g/mol. The van der Waals surface area contributed by atoms with Gasteiger partial charge in [0.2, 0.25) is 5.91 Å². The first-order valence-electron chi connectivity index (χ1n) is 10.6. The van der Waals surface area contributed by atoms with E-state index in [1.165, 1.54) is 30.3 Å². The van der Waals surface area contributed by atoms with Crippen LogP contribution in [0.5, 0.6) is 0 Å². The topological polar surface area (TPSA) is 123 Å². The number of rotatable bonds is 6. The van der Waals surface area contributed by atoms with Gasteiger partial charge in [-0.3, -0.25) is 4.79 Å². The highest BCUT2D eigenvalue weighted by Crippen LogP contribution is 2.40. The van der Waals surface area contributed by atoms with Crippen molar-refractivity contribution in [3.05, 3.63) is 53.3 Å². The summed E-state index contributed by atoms with van der Waals surface area (Å²) in [5.74, 6) is -0.263. The van der Waals surface area contributed by atoms with Crippen LogP contribution in [0.25, 0.3) is 11.1 Å². The van der Waals surface area contributed by atoms with Crippen LogP contribution >= 0.6 is 0 Å². The normalized spacial score (nSPS) is 22.4. The quantitative estimate of drug-likeness (QED) is 0.674. The Morgan fingerprint density at radius 1 is 1.27 bits per heavy atom. The zero-order chi connectivity index (χ0) is 23.8. The smallest absolute Gasteiger partial charge is 0.241 e. The van der Waals surface area contributed by atoms with Gasteiger partial charge in [-0.1, -0.05) is 18.2 Å². The Balaban J connectivity index is 1.51. The molecule has 1 saturated heterocycles. The number of benzene rings is 2. The molecule has 0 spiro atoms. The highest BCUT2D eigenvalue weighted by Gasteiger charge is 2.50. The van der Waals surface area contributed by atoms with E-state index in [4.69, 9.17) is 0 Å². The number of nitrogens with one attached hydrogen (secondary N) is 2.